The molecule has 0 fully saturated rings. The summed E-state index contributed by atoms with van der Waals surface area (Å²) in [4.78, 5) is 20.1. The number of Topliss-reactive ketones (excluding diaryl/α,β-unsaturated/α-hetero) is 1. The van der Waals surface area contributed by atoms with Crippen molar-refractivity contribution in [1.29, 1.82) is 0 Å². The van der Waals surface area contributed by atoms with Crippen molar-refractivity contribution in [2.45, 2.75) is 6.92 Å². The Hall–Kier alpha value is -2.10. The van der Waals surface area contributed by atoms with Crippen LogP contribution in [0.2, 0.25) is 0 Å². The highest BCUT2D eigenvalue weighted by Crippen LogP contribution is 1.97. The molecule has 0 spiro atoms. The molecule has 0 unspecified atom stereocenters. The number of hydrogen-bond donors (Lipinski definition) is 1. The lowest BCUT2D eigenvalue weighted by atomic mass is 10.2. The Morgan fingerprint density at radius 1 is 1.38 bits per heavy atom. The molecule has 0 aliphatic rings. The molecule has 0 radical (unpaired) electrons. The largest absolute Gasteiger partial charge is 0.506 e. The standard InChI is InChI=1S/C8H8O.C4H6O3/c1-7(9)8-5-3-2-4-6-8;1-2-3-7-4(5)6/h2-6H,1H3;2H,1,3H2,(H,5,6). The fourth-order valence-electron chi connectivity index (χ4n) is 0.803. The highest BCUT2D eigenvalue weighted by molar-refractivity contribution is 5.93. The molecule has 0 aromatic heterocycles. The lowest BCUT2D eigenvalue weighted by molar-refractivity contribution is 0.101. The van der Waals surface area contributed by atoms with Gasteiger partial charge in [-0.3, -0.25) is 4.79 Å². The predicted molar refractivity (Wildman–Crippen MR) is 60.6 cm³/mol. The van der Waals surface area contributed by atoms with Crippen LogP contribution >= 0.6 is 0 Å². The van der Waals surface area contributed by atoms with E-state index in [0.29, 0.717) is 0 Å². The number of carbonyl (C=O) groups excluding carboxylic acids is 1. The normalized spacial score (nSPS) is 8.31. The molecule has 0 aliphatic carbocycles. The molecule has 0 heterocycles. The number of benzene rings is 1. The highest BCUT2D eigenvalue weighted by Gasteiger charge is 1.92. The van der Waals surface area contributed by atoms with Crippen molar-refractivity contribution in [2.75, 3.05) is 6.61 Å². The van der Waals surface area contributed by atoms with Crippen LogP contribution in [0.5, 0.6) is 0 Å². The molecule has 0 saturated heterocycles. The molecule has 86 valence electrons. The second kappa shape index (κ2) is 8.23. The maximum atomic E-state index is 10.6. The van der Waals surface area contributed by atoms with Gasteiger partial charge >= 0.3 is 6.16 Å². The zero-order valence-corrected chi connectivity index (χ0v) is 9.05. The number of ether oxygens (including phenoxy) is 1. The van der Waals surface area contributed by atoms with Crippen LogP contribution in [0.4, 0.5) is 4.79 Å². The smallest absolute Gasteiger partial charge is 0.450 e. The van der Waals surface area contributed by atoms with Crippen LogP contribution in [-0.4, -0.2) is 23.7 Å². The molecule has 4 heteroatoms. The van der Waals surface area contributed by atoms with Gasteiger partial charge in [0.1, 0.15) is 6.61 Å². The van der Waals surface area contributed by atoms with Gasteiger partial charge in [-0.25, -0.2) is 4.79 Å². The van der Waals surface area contributed by atoms with Gasteiger partial charge in [0.25, 0.3) is 0 Å². The Bertz CT molecular complexity index is 343. The molecule has 1 N–H and O–H groups in total. The van der Waals surface area contributed by atoms with E-state index in [1.165, 1.54) is 6.08 Å². The highest BCUT2D eigenvalue weighted by atomic mass is 16.7. The number of carboxylic acid groups (broad SMARTS) is 1. The third-order valence-electron chi connectivity index (χ3n) is 1.50. The van der Waals surface area contributed by atoms with Gasteiger partial charge in [-0.05, 0) is 6.92 Å². The minimum Gasteiger partial charge on any atom is -0.450 e. The van der Waals surface area contributed by atoms with E-state index in [0.717, 1.165) is 5.56 Å². The van der Waals surface area contributed by atoms with Crippen molar-refractivity contribution in [3.05, 3.63) is 48.6 Å². The molecule has 1 aromatic rings. The molecular formula is C12H14O4. The summed E-state index contributed by atoms with van der Waals surface area (Å²) in [6.45, 7) is 4.87. The molecular weight excluding hydrogens is 208 g/mol. The van der Waals surface area contributed by atoms with E-state index in [4.69, 9.17) is 5.11 Å². The Balaban J connectivity index is 0.000000293. The van der Waals surface area contributed by atoms with E-state index >= 15 is 0 Å². The predicted octanol–water partition coefficient (Wildman–Crippen LogP) is 2.76. The molecule has 0 saturated carbocycles. The molecule has 0 atom stereocenters. The average Bonchev–Trinajstić information content (AvgIpc) is 2.28. The Labute approximate surface area is 94.2 Å². The first kappa shape index (κ1) is 13.9. The van der Waals surface area contributed by atoms with E-state index in [-0.39, 0.29) is 12.4 Å². The molecule has 0 amide bonds. The lowest BCUT2D eigenvalue weighted by Crippen LogP contribution is -1.98. The first-order chi connectivity index (χ1) is 7.57. The molecule has 16 heavy (non-hydrogen) atoms. The molecule has 0 bridgehead atoms. The first-order valence-electron chi connectivity index (χ1n) is 4.60. The van der Waals surface area contributed by atoms with Crippen LogP contribution in [0.25, 0.3) is 0 Å². The summed E-state index contributed by atoms with van der Waals surface area (Å²) in [5.41, 5.74) is 0.775. The van der Waals surface area contributed by atoms with Crippen LogP contribution < -0.4 is 0 Å². The summed E-state index contributed by atoms with van der Waals surface area (Å²) in [6, 6.07) is 9.23. The SMILES string of the molecule is C=CCOC(=O)O.CC(=O)c1ccccc1. The summed E-state index contributed by atoms with van der Waals surface area (Å²) in [6.07, 6.45) is 0.105. The van der Waals surface area contributed by atoms with Gasteiger partial charge in [-0.1, -0.05) is 43.0 Å². The third-order valence-corrected chi connectivity index (χ3v) is 1.50. The number of rotatable bonds is 3. The van der Waals surface area contributed by atoms with Gasteiger partial charge in [-0.2, -0.15) is 0 Å². The average molecular weight is 222 g/mol. The zero-order chi connectivity index (χ0) is 12.4. The van der Waals surface area contributed by atoms with Crippen LogP contribution in [0.15, 0.2) is 43.0 Å². The molecule has 4 nitrogen and oxygen atoms in total. The number of ketones is 1. The van der Waals surface area contributed by atoms with Gasteiger partial charge in [0.15, 0.2) is 5.78 Å². The Kier molecular flexibility index (Phi) is 7.15. The lowest BCUT2D eigenvalue weighted by Gasteiger charge is -1.89. The summed E-state index contributed by atoms with van der Waals surface area (Å²) in [7, 11) is 0. The van der Waals surface area contributed by atoms with Crippen LogP contribution in [0.1, 0.15) is 17.3 Å². The van der Waals surface area contributed by atoms with Gasteiger partial charge < -0.3 is 9.84 Å². The van der Waals surface area contributed by atoms with Gasteiger partial charge in [0.05, 0.1) is 0 Å². The van der Waals surface area contributed by atoms with Crippen molar-refractivity contribution in [1.82, 2.24) is 0 Å². The van der Waals surface area contributed by atoms with Crippen LogP contribution in [-0.2, 0) is 4.74 Å². The fraction of sp³-hybridized carbons (Fsp3) is 0.167. The van der Waals surface area contributed by atoms with Crippen LogP contribution in [0, 0.1) is 0 Å². The Morgan fingerprint density at radius 2 is 1.94 bits per heavy atom. The van der Waals surface area contributed by atoms with E-state index in [9.17, 15) is 9.59 Å². The third kappa shape index (κ3) is 7.32. The van der Waals surface area contributed by atoms with E-state index in [2.05, 4.69) is 11.3 Å². The van der Waals surface area contributed by atoms with Crippen LogP contribution in [0.3, 0.4) is 0 Å². The van der Waals surface area contributed by atoms with E-state index in [1.807, 2.05) is 30.3 Å². The first-order valence-corrected chi connectivity index (χ1v) is 4.60. The number of hydrogen-bond acceptors (Lipinski definition) is 3. The van der Waals surface area contributed by atoms with Gasteiger partial charge in [0, 0.05) is 5.56 Å². The minimum atomic E-state index is -1.26. The second-order valence-electron chi connectivity index (χ2n) is 2.79. The monoisotopic (exact) mass is 222 g/mol. The van der Waals surface area contributed by atoms with E-state index < -0.39 is 6.16 Å². The Morgan fingerprint density at radius 3 is 2.19 bits per heavy atom. The quantitative estimate of drug-likeness (QED) is 0.485. The summed E-state index contributed by atoms with van der Waals surface area (Å²) in [5.74, 6) is 0.121. The maximum Gasteiger partial charge on any atom is 0.506 e. The molecule has 1 rings (SSSR count). The topological polar surface area (TPSA) is 63.6 Å². The zero-order valence-electron chi connectivity index (χ0n) is 9.05. The van der Waals surface area contributed by atoms with Crippen molar-refractivity contribution in [3.8, 4) is 0 Å². The maximum absolute atomic E-state index is 10.6. The summed E-state index contributed by atoms with van der Waals surface area (Å²) >= 11 is 0. The number of carbonyl (C=O) groups is 2. The van der Waals surface area contributed by atoms with Crippen molar-refractivity contribution in [3.63, 3.8) is 0 Å². The molecule has 1 aromatic carbocycles. The fourth-order valence-corrected chi connectivity index (χ4v) is 0.803. The van der Waals surface area contributed by atoms with Gasteiger partial charge in [0.2, 0.25) is 0 Å². The van der Waals surface area contributed by atoms with Crippen molar-refractivity contribution in [2.24, 2.45) is 0 Å². The van der Waals surface area contributed by atoms with E-state index in [1.54, 1.807) is 6.92 Å². The summed E-state index contributed by atoms with van der Waals surface area (Å²) in [5, 5.41) is 7.77. The second-order valence-corrected chi connectivity index (χ2v) is 2.79. The molecule has 0 aliphatic heterocycles. The minimum absolute atomic E-state index is 0.0648. The van der Waals surface area contributed by atoms with Crippen molar-refractivity contribution < 1.29 is 19.4 Å². The summed E-state index contributed by atoms with van der Waals surface area (Å²) < 4.78 is 3.99. The van der Waals surface area contributed by atoms with Gasteiger partial charge in [-0.15, -0.1) is 0 Å². The van der Waals surface area contributed by atoms with Crippen molar-refractivity contribution >= 4 is 11.9 Å².